The smallest absolute Gasteiger partial charge is 0.251 e. The first-order valence-electron chi connectivity index (χ1n) is 7.97. The number of anilines is 1. The molecule has 0 aromatic carbocycles. The van der Waals surface area contributed by atoms with Crippen LogP contribution >= 0.6 is 11.6 Å². The molecule has 1 heterocycles. The van der Waals surface area contributed by atoms with Crippen molar-refractivity contribution in [2.45, 2.75) is 34.1 Å². The Balaban J connectivity index is 0.00000254. The molecule has 24 heavy (non-hydrogen) atoms. The Morgan fingerprint density at radius 1 is 1.33 bits per heavy atom. The number of carbonyl (C=O) groups is 1. The Hall–Kier alpha value is -1.91. The zero-order chi connectivity index (χ0) is 18.4. The van der Waals surface area contributed by atoms with Gasteiger partial charge in [-0.3, -0.25) is 4.79 Å². The van der Waals surface area contributed by atoms with Gasteiger partial charge in [0, 0.05) is 6.20 Å². The molecule has 5 heteroatoms. The molecule has 0 bridgehead atoms. The van der Waals surface area contributed by atoms with Gasteiger partial charge in [0.1, 0.15) is 12.4 Å². The quantitative estimate of drug-likeness (QED) is 0.518. The third-order valence-electron chi connectivity index (χ3n) is 2.66. The molecule has 0 saturated carbocycles. The van der Waals surface area contributed by atoms with E-state index in [2.05, 4.69) is 16.9 Å². The number of hydrogen-bond donors (Lipinski definition) is 1. The number of carbonyl (C=O) groups excluding carboxylic acids is 1. The molecule has 0 unspecified atom stereocenters. The Bertz CT molecular complexity index is 559. The van der Waals surface area contributed by atoms with Gasteiger partial charge in [-0.25, -0.2) is 4.98 Å². The first-order valence-corrected chi connectivity index (χ1v) is 8.34. The number of hydrogen-bond acceptors (Lipinski definition) is 3. The lowest BCUT2D eigenvalue weighted by Gasteiger charge is -2.06. The Morgan fingerprint density at radius 3 is 2.58 bits per heavy atom. The minimum absolute atomic E-state index is 0.0165. The summed E-state index contributed by atoms with van der Waals surface area (Å²) in [7, 11) is 0. The van der Waals surface area contributed by atoms with Gasteiger partial charge in [-0.05, 0) is 38.0 Å². The zero-order valence-corrected chi connectivity index (χ0v) is 15.7. The minimum atomic E-state index is -0.247. The number of nitrogens with zero attached hydrogens (tertiary/aromatic N) is 1. The molecule has 0 aliphatic rings. The van der Waals surface area contributed by atoms with Crippen molar-refractivity contribution in [1.82, 2.24) is 4.98 Å². The highest BCUT2D eigenvalue weighted by Crippen LogP contribution is 2.09. The number of amides is 1. The van der Waals surface area contributed by atoms with Crippen LogP contribution in [0.4, 0.5) is 5.82 Å². The van der Waals surface area contributed by atoms with Crippen molar-refractivity contribution in [3.8, 4) is 0 Å². The summed E-state index contributed by atoms with van der Waals surface area (Å²) < 4.78 is 5.36. The van der Waals surface area contributed by atoms with Gasteiger partial charge in [0.05, 0.1) is 11.6 Å². The van der Waals surface area contributed by atoms with Crippen LogP contribution in [-0.2, 0) is 9.53 Å². The zero-order valence-electron chi connectivity index (χ0n) is 14.9. The van der Waals surface area contributed by atoms with Crippen molar-refractivity contribution in [2.75, 3.05) is 18.5 Å². The summed E-state index contributed by atoms with van der Waals surface area (Å²) in [4.78, 5) is 15.7. The van der Waals surface area contributed by atoms with Gasteiger partial charge in [0.25, 0.3) is 5.91 Å². The second kappa shape index (κ2) is 13.5. The maximum atomic E-state index is 11.7. The molecule has 0 aliphatic carbocycles. The lowest BCUT2D eigenvalue weighted by Crippen LogP contribution is -2.19. The molecule has 0 fully saturated rings. The fourth-order valence-corrected chi connectivity index (χ4v) is 1.62. The second-order valence-electron chi connectivity index (χ2n) is 4.90. The topological polar surface area (TPSA) is 51.2 Å². The van der Waals surface area contributed by atoms with Crippen LogP contribution in [0.25, 0.3) is 0 Å². The number of nitrogens with one attached hydrogen (secondary N) is 1. The number of aromatic nitrogens is 1. The van der Waals surface area contributed by atoms with Gasteiger partial charge in [-0.15, -0.1) is 0 Å². The van der Waals surface area contributed by atoms with Gasteiger partial charge in [0.15, 0.2) is 0 Å². The summed E-state index contributed by atoms with van der Waals surface area (Å²) in [6.45, 7) is 12.3. The van der Waals surface area contributed by atoms with E-state index >= 15 is 0 Å². The summed E-state index contributed by atoms with van der Waals surface area (Å²) in [5.74, 6) is 0.205. The highest BCUT2D eigenvalue weighted by Gasteiger charge is 2.03. The maximum Gasteiger partial charge on any atom is 0.251 e. The highest BCUT2D eigenvalue weighted by molar-refractivity contribution is 6.30. The van der Waals surface area contributed by atoms with Gasteiger partial charge in [-0.2, -0.15) is 0 Å². The Morgan fingerprint density at radius 2 is 2.04 bits per heavy atom. The molecule has 0 radical (unpaired) electrons. The van der Waals surface area contributed by atoms with E-state index in [4.69, 9.17) is 16.3 Å². The van der Waals surface area contributed by atoms with Crippen molar-refractivity contribution in [3.63, 3.8) is 0 Å². The Kier molecular flexibility index (Phi) is 12.4. The van der Waals surface area contributed by atoms with Crippen LogP contribution in [0.1, 0.15) is 34.1 Å². The molecule has 0 spiro atoms. The summed E-state index contributed by atoms with van der Waals surface area (Å²) in [5, 5.41) is 3.16. The van der Waals surface area contributed by atoms with E-state index in [1.807, 2.05) is 39.8 Å². The predicted molar refractivity (Wildman–Crippen MR) is 102 cm³/mol. The molecule has 1 amide bonds. The van der Waals surface area contributed by atoms with E-state index in [-0.39, 0.29) is 12.5 Å². The predicted octanol–water partition coefficient (Wildman–Crippen LogP) is 5.19. The number of ether oxygens (including phenoxy) is 1. The third kappa shape index (κ3) is 10.8. The van der Waals surface area contributed by atoms with Gasteiger partial charge < -0.3 is 10.1 Å². The lowest BCUT2D eigenvalue weighted by atomic mass is 10.1. The Labute approximate surface area is 150 Å². The van der Waals surface area contributed by atoms with E-state index in [0.29, 0.717) is 23.9 Å². The number of rotatable bonds is 8. The first-order chi connectivity index (χ1) is 11.5. The normalized spacial score (nSPS) is 10.3. The molecule has 132 valence electrons. The van der Waals surface area contributed by atoms with Crippen LogP contribution in [0.3, 0.4) is 0 Å². The third-order valence-corrected chi connectivity index (χ3v) is 2.88. The number of allylic oxidation sites excluding steroid dienone is 4. The van der Waals surface area contributed by atoms with Gasteiger partial charge >= 0.3 is 0 Å². The molecule has 4 nitrogen and oxygen atoms in total. The van der Waals surface area contributed by atoms with Crippen LogP contribution in [0.2, 0.25) is 5.02 Å². The molecule has 0 saturated heterocycles. The van der Waals surface area contributed by atoms with Crippen LogP contribution < -0.4 is 5.32 Å². The highest BCUT2D eigenvalue weighted by atomic mass is 35.5. The van der Waals surface area contributed by atoms with Crippen molar-refractivity contribution in [1.29, 1.82) is 0 Å². The van der Waals surface area contributed by atoms with E-state index in [1.165, 1.54) is 11.8 Å². The van der Waals surface area contributed by atoms with Gasteiger partial charge in [0.2, 0.25) is 0 Å². The van der Waals surface area contributed by atoms with Crippen molar-refractivity contribution >= 4 is 23.3 Å². The number of pyridine rings is 1. The van der Waals surface area contributed by atoms with E-state index < -0.39 is 0 Å². The average Bonchev–Trinajstić information content (AvgIpc) is 2.58. The lowest BCUT2D eigenvalue weighted by molar-refractivity contribution is -0.120. The molecule has 1 aromatic rings. The molecular formula is C19H27ClN2O2. The van der Waals surface area contributed by atoms with E-state index in [9.17, 15) is 4.79 Å². The van der Waals surface area contributed by atoms with Crippen LogP contribution in [0, 0.1) is 0 Å². The van der Waals surface area contributed by atoms with E-state index in [0.717, 1.165) is 5.57 Å². The largest absolute Gasteiger partial charge is 0.371 e. The molecule has 1 N–H and O–H groups in total. The monoisotopic (exact) mass is 350 g/mol. The second-order valence-corrected chi connectivity index (χ2v) is 5.34. The van der Waals surface area contributed by atoms with Crippen molar-refractivity contribution in [2.24, 2.45) is 0 Å². The minimum Gasteiger partial charge on any atom is -0.371 e. The fourth-order valence-electron chi connectivity index (χ4n) is 1.51. The van der Waals surface area contributed by atoms with Crippen LogP contribution in [0.5, 0.6) is 0 Å². The van der Waals surface area contributed by atoms with Crippen LogP contribution in [-0.4, -0.2) is 24.1 Å². The van der Waals surface area contributed by atoms with Gasteiger partial charge in [-0.1, -0.05) is 55.8 Å². The van der Waals surface area contributed by atoms with Crippen LogP contribution in [0.15, 0.2) is 54.3 Å². The summed E-state index contributed by atoms with van der Waals surface area (Å²) >= 11 is 5.72. The molecule has 0 atom stereocenters. The summed E-state index contributed by atoms with van der Waals surface area (Å²) in [6.07, 6.45) is 8.00. The first kappa shape index (κ1) is 22.1. The van der Waals surface area contributed by atoms with Crippen molar-refractivity contribution in [3.05, 3.63) is 59.3 Å². The summed E-state index contributed by atoms with van der Waals surface area (Å²) in [6, 6.07) is 3.30. The SMILES string of the molecule is C=C/C(=C\C=C(C)C)CCOCC(=O)Nc1ccc(Cl)cn1.CC. The maximum absolute atomic E-state index is 11.7. The van der Waals surface area contributed by atoms with Crippen molar-refractivity contribution < 1.29 is 9.53 Å². The molecular weight excluding hydrogens is 324 g/mol. The molecule has 1 rings (SSSR count). The molecule has 0 aliphatic heterocycles. The fraction of sp³-hybridized carbons (Fsp3) is 0.368. The van der Waals surface area contributed by atoms with E-state index in [1.54, 1.807) is 18.2 Å². The number of halogens is 1. The standard InChI is InChI=1S/C17H21ClN2O2.C2H6/c1-4-14(6-5-13(2)3)9-10-22-12-17(21)20-16-8-7-15(18)11-19-16;1-2/h4-8,11H,1,9-10,12H2,2-3H3,(H,19,20,21);1-2H3/b14-6+;. The molecule has 1 aromatic heterocycles. The summed E-state index contributed by atoms with van der Waals surface area (Å²) in [5.41, 5.74) is 2.29. The average molecular weight is 351 g/mol.